The third-order valence-corrected chi connectivity index (χ3v) is 3.80. The number of ether oxygens (including phenoxy) is 2. The molecule has 2 aromatic rings. The minimum absolute atomic E-state index is 0.0506. The second kappa shape index (κ2) is 7.30. The van der Waals surface area contributed by atoms with Gasteiger partial charge in [0.25, 0.3) is 11.6 Å². The molecule has 0 atom stereocenters. The van der Waals surface area contributed by atoms with Crippen molar-refractivity contribution in [1.82, 2.24) is 5.32 Å². The summed E-state index contributed by atoms with van der Waals surface area (Å²) in [4.78, 5) is 22.9. The Morgan fingerprint density at radius 1 is 1.19 bits per heavy atom. The lowest BCUT2D eigenvalue weighted by atomic mass is 10.1. The van der Waals surface area contributed by atoms with E-state index in [0.29, 0.717) is 23.7 Å². The topological polar surface area (TPSA) is 103 Å². The maximum absolute atomic E-state index is 12.0. The molecule has 3 rings (SSSR count). The number of amides is 1. The second-order valence-electron chi connectivity index (χ2n) is 6.16. The molecule has 0 aliphatic carbocycles. The first-order chi connectivity index (χ1) is 12.4. The van der Waals surface area contributed by atoms with Crippen molar-refractivity contribution in [3.05, 3.63) is 57.6 Å². The zero-order valence-electron chi connectivity index (χ0n) is 14.4. The summed E-state index contributed by atoms with van der Waals surface area (Å²) in [6.07, 6.45) is 0. The van der Waals surface area contributed by atoms with Gasteiger partial charge in [0.05, 0.1) is 4.92 Å². The van der Waals surface area contributed by atoms with E-state index >= 15 is 0 Å². The summed E-state index contributed by atoms with van der Waals surface area (Å²) in [5, 5.41) is 17.1. The van der Waals surface area contributed by atoms with Gasteiger partial charge in [-0.2, -0.15) is 0 Å². The predicted molar refractivity (Wildman–Crippen MR) is 95.6 cm³/mol. The molecule has 26 heavy (non-hydrogen) atoms. The average Bonchev–Trinajstić information content (AvgIpc) is 3.06. The van der Waals surface area contributed by atoms with Crippen LogP contribution in [-0.4, -0.2) is 23.7 Å². The highest BCUT2D eigenvalue weighted by Gasteiger charge is 2.18. The van der Waals surface area contributed by atoms with Crippen LogP contribution in [0.4, 0.5) is 11.4 Å². The Balaban J connectivity index is 1.76. The summed E-state index contributed by atoms with van der Waals surface area (Å²) in [6, 6.07) is 9.81. The minimum Gasteiger partial charge on any atom is -0.454 e. The van der Waals surface area contributed by atoms with Crippen LogP contribution in [0.25, 0.3) is 0 Å². The van der Waals surface area contributed by atoms with Crippen LogP contribution in [0, 0.1) is 10.1 Å². The van der Waals surface area contributed by atoms with Crippen LogP contribution < -0.4 is 20.1 Å². The van der Waals surface area contributed by atoms with Gasteiger partial charge in [-0.25, -0.2) is 0 Å². The van der Waals surface area contributed by atoms with E-state index in [1.54, 1.807) is 18.2 Å². The summed E-state index contributed by atoms with van der Waals surface area (Å²) in [5.41, 5.74) is 1.33. The largest absolute Gasteiger partial charge is 0.454 e. The lowest BCUT2D eigenvalue weighted by Gasteiger charge is -2.11. The number of nitro groups is 1. The number of nitrogens with zero attached hydrogens (tertiary/aromatic N) is 1. The number of nitro benzene ring substituents is 1. The third kappa shape index (κ3) is 3.85. The summed E-state index contributed by atoms with van der Waals surface area (Å²) >= 11 is 0. The van der Waals surface area contributed by atoms with Crippen molar-refractivity contribution in [1.29, 1.82) is 0 Å². The Morgan fingerprint density at radius 3 is 2.69 bits per heavy atom. The first-order valence-electron chi connectivity index (χ1n) is 8.16. The van der Waals surface area contributed by atoms with Crippen LogP contribution in [0.5, 0.6) is 11.5 Å². The molecule has 2 aromatic carbocycles. The molecular weight excluding hydrogens is 338 g/mol. The molecule has 8 nitrogen and oxygen atoms in total. The number of carbonyl (C=O) groups excluding carboxylic acids is 1. The summed E-state index contributed by atoms with van der Waals surface area (Å²) in [5.74, 6) is 0.991. The molecule has 136 valence electrons. The quantitative estimate of drug-likeness (QED) is 0.608. The number of hydrogen-bond acceptors (Lipinski definition) is 6. The molecule has 1 heterocycles. The third-order valence-electron chi connectivity index (χ3n) is 3.80. The fourth-order valence-corrected chi connectivity index (χ4v) is 2.57. The van der Waals surface area contributed by atoms with Crippen molar-refractivity contribution >= 4 is 17.3 Å². The van der Waals surface area contributed by atoms with Crippen LogP contribution in [0.2, 0.25) is 0 Å². The molecule has 0 unspecified atom stereocenters. The Kier molecular flexibility index (Phi) is 4.92. The molecule has 0 bridgehead atoms. The lowest BCUT2D eigenvalue weighted by molar-refractivity contribution is -0.384. The maximum Gasteiger partial charge on any atom is 0.293 e. The van der Waals surface area contributed by atoms with Gasteiger partial charge in [0.15, 0.2) is 11.5 Å². The van der Waals surface area contributed by atoms with Gasteiger partial charge in [0.1, 0.15) is 5.69 Å². The Bertz CT molecular complexity index is 851. The van der Waals surface area contributed by atoms with Crippen molar-refractivity contribution in [2.45, 2.75) is 26.4 Å². The summed E-state index contributed by atoms with van der Waals surface area (Å²) < 4.78 is 10.6. The molecule has 0 radical (unpaired) electrons. The predicted octanol–water partition coefficient (Wildman–Crippen LogP) is 3.07. The highest BCUT2D eigenvalue weighted by Crippen LogP contribution is 2.33. The number of hydrogen-bond donors (Lipinski definition) is 2. The number of rotatable bonds is 6. The molecule has 0 saturated carbocycles. The van der Waals surface area contributed by atoms with Crippen LogP contribution in [-0.2, 0) is 6.54 Å². The van der Waals surface area contributed by atoms with E-state index in [2.05, 4.69) is 10.6 Å². The fraction of sp³-hybridized carbons (Fsp3) is 0.278. The van der Waals surface area contributed by atoms with Crippen LogP contribution in [0.3, 0.4) is 0 Å². The second-order valence-corrected chi connectivity index (χ2v) is 6.16. The van der Waals surface area contributed by atoms with Crippen molar-refractivity contribution in [2.24, 2.45) is 0 Å². The molecule has 0 spiro atoms. The van der Waals surface area contributed by atoms with E-state index in [0.717, 1.165) is 5.56 Å². The SMILES string of the molecule is CC(C)NC(=O)c1ccc(NCc2ccc3c(c2)OCO3)c([N+](=O)[O-])c1. The number of benzene rings is 2. The smallest absolute Gasteiger partial charge is 0.293 e. The van der Waals surface area contributed by atoms with Gasteiger partial charge in [-0.3, -0.25) is 14.9 Å². The van der Waals surface area contributed by atoms with E-state index in [9.17, 15) is 14.9 Å². The fourth-order valence-electron chi connectivity index (χ4n) is 2.57. The van der Waals surface area contributed by atoms with Crippen molar-refractivity contribution in [3.8, 4) is 11.5 Å². The van der Waals surface area contributed by atoms with Gasteiger partial charge in [-0.15, -0.1) is 0 Å². The molecule has 0 fully saturated rings. The standard InChI is InChI=1S/C18H19N3O5/c1-11(2)20-18(22)13-4-5-14(15(8-13)21(23)24)19-9-12-3-6-16-17(7-12)26-10-25-16/h3-8,11,19H,9-10H2,1-2H3,(H,20,22). The van der Waals surface area contributed by atoms with Gasteiger partial charge in [-0.05, 0) is 43.7 Å². The van der Waals surface area contributed by atoms with E-state index in [4.69, 9.17) is 9.47 Å². The van der Waals surface area contributed by atoms with Gasteiger partial charge in [0, 0.05) is 24.2 Å². The molecule has 1 aliphatic heterocycles. The molecule has 0 saturated heterocycles. The van der Waals surface area contributed by atoms with E-state index in [-0.39, 0.29) is 30.0 Å². The van der Waals surface area contributed by atoms with Gasteiger partial charge in [0.2, 0.25) is 6.79 Å². The molecular formula is C18H19N3O5. The van der Waals surface area contributed by atoms with Crippen LogP contribution in [0.15, 0.2) is 36.4 Å². The molecule has 1 amide bonds. The van der Waals surface area contributed by atoms with Crippen molar-refractivity contribution in [2.75, 3.05) is 12.1 Å². The van der Waals surface area contributed by atoms with E-state index < -0.39 is 4.92 Å². The first kappa shape index (κ1) is 17.5. The Labute approximate surface area is 150 Å². The number of anilines is 1. The van der Waals surface area contributed by atoms with Gasteiger partial charge < -0.3 is 20.1 Å². The zero-order valence-corrected chi connectivity index (χ0v) is 14.4. The highest BCUT2D eigenvalue weighted by molar-refractivity contribution is 5.95. The van der Waals surface area contributed by atoms with Crippen molar-refractivity contribution in [3.63, 3.8) is 0 Å². The highest BCUT2D eigenvalue weighted by atomic mass is 16.7. The Hall–Kier alpha value is -3.29. The molecule has 2 N–H and O–H groups in total. The van der Waals surface area contributed by atoms with Crippen LogP contribution in [0.1, 0.15) is 29.8 Å². The average molecular weight is 357 g/mol. The van der Waals surface area contributed by atoms with Crippen molar-refractivity contribution < 1.29 is 19.2 Å². The van der Waals surface area contributed by atoms with Gasteiger partial charge in [-0.1, -0.05) is 6.07 Å². The van der Waals surface area contributed by atoms with Crippen LogP contribution >= 0.6 is 0 Å². The van der Waals surface area contributed by atoms with E-state index in [1.807, 2.05) is 26.0 Å². The number of nitrogens with one attached hydrogen (secondary N) is 2. The summed E-state index contributed by atoms with van der Waals surface area (Å²) in [6.45, 7) is 4.22. The van der Waals surface area contributed by atoms with E-state index in [1.165, 1.54) is 6.07 Å². The summed E-state index contributed by atoms with van der Waals surface area (Å²) in [7, 11) is 0. The number of carbonyl (C=O) groups is 1. The Morgan fingerprint density at radius 2 is 1.96 bits per heavy atom. The lowest BCUT2D eigenvalue weighted by Crippen LogP contribution is -2.30. The first-order valence-corrected chi connectivity index (χ1v) is 8.16. The minimum atomic E-state index is -0.506. The maximum atomic E-state index is 12.0. The van der Waals surface area contributed by atoms with Gasteiger partial charge >= 0.3 is 0 Å². The molecule has 1 aliphatic rings. The monoisotopic (exact) mass is 357 g/mol. The molecule has 0 aromatic heterocycles. The normalized spacial score (nSPS) is 12.1. The zero-order chi connectivity index (χ0) is 18.7. The molecule has 8 heteroatoms. The number of fused-ring (bicyclic) bond motifs is 1.